The Balaban J connectivity index is 1.95. The van der Waals surface area contributed by atoms with Gasteiger partial charge in [0.05, 0.1) is 27.4 Å². The van der Waals surface area contributed by atoms with Gasteiger partial charge in [-0.3, -0.25) is 10.3 Å². The highest BCUT2D eigenvalue weighted by Gasteiger charge is 2.39. The smallest absolute Gasteiger partial charge is 0.416 e. The summed E-state index contributed by atoms with van der Waals surface area (Å²) < 4.78 is 55.9. The number of rotatable bonds is 8. The third-order valence-corrected chi connectivity index (χ3v) is 6.25. The second-order valence-electron chi connectivity index (χ2n) is 8.47. The van der Waals surface area contributed by atoms with Crippen molar-refractivity contribution in [3.63, 3.8) is 0 Å². The summed E-state index contributed by atoms with van der Waals surface area (Å²) in [4.78, 5) is 16.2. The molecule has 0 aliphatic rings. The Hall–Kier alpha value is -3.75. The molecule has 1 atom stereocenters. The van der Waals surface area contributed by atoms with Crippen molar-refractivity contribution in [3.05, 3.63) is 135 Å². The van der Waals surface area contributed by atoms with Crippen LogP contribution in [0.5, 0.6) is 0 Å². The summed E-state index contributed by atoms with van der Waals surface area (Å²) in [5, 5.41) is 13.2. The largest absolute Gasteiger partial charge is 0.478 e. The Kier molecular flexibility index (Phi) is 7.61. The number of benzene rings is 3. The number of aromatic carboxylic acids is 1. The van der Waals surface area contributed by atoms with E-state index in [-0.39, 0.29) is 29.8 Å². The minimum Gasteiger partial charge on any atom is -0.478 e. The minimum absolute atomic E-state index is 0.0219. The summed E-state index contributed by atoms with van der Waals surface area (Å²) in [5.74, 6) is -2.22. The van der Waals surface area contributed by atoms with Crippen LogP contribution < -0.4 is 5.32 Å². The molecule has 1 unspecified atom stereocenters. The van der Waals surface area contributed by atoms with Crippen molar-refractivity contribution in [3.8, 4) is 0 Å². The van der Waals surface area contributed by atoms with Gasteiger partial charge in [-0.25, -0.2) is 9.18 Å². The van der Waals surface area contributed by atoms with Gasteiger partial charge in [-0.2, -0.15) is 13.2 Å². The highest BCUT2D eigenvalue weighted by molar-refractivity contribution is 6.30. The number of nitrogens with one attached hydrogen (secondary N) is 1. The summed E-state index contributed by atoms with van der Waals surface area (Å²) in [7, 11) is 0. The van der Waals surface area contributed by atoms with Gasteiger partial charge in [0.1, 0.15) is 5.82 Å². The van der Waals surface area contributed by atoms with E-state index in [4.69, 9.17) is 11.6 Å². The fourth-order valence-electron chi connectivity index (χ4n) is 4.25. The lowest BCUT2D eigenvalue weighted by Gasteiger charge is -2.36. The first kappa shape index (κ1) is 26.3. The number of pyridine rings is 1. The van der Waals surface area contributed by atoms with Crippen LogP contribution >= 0.6 is 11.6 Å². The quantitative estimate of drug-likeness (QED) is 0.245. The number of alkyl halides is 3. The van der Waals surface area contributed by atoms with Crippen molar-refractivity contribution in [2.45, 2.75) is 24.7 Å². The zero-order chi connectivity index (χ0) is 26.6. The van der Waals surface area contributed by atoms with Gasteiger partial charge in [0.15, 0.2) is 0 Å². The maximum atomic E-state index is 14.7. The topological polar surface area (TPSA) is 62.2 Å². The van der Waals surface area contributed by atoms with E-state index in [1.54, 1.807) is 60.7 Å². The first-order valence-corrected chi connectivity index (χ1v) is 11.6. The van der Waals surface area contributed by atoms with Crippen molar-refractivity contribution in [1.29, 1.82) is 0 Å². The van der Waals surface area contributed by atoms with Crippen LogP contribution in [-0.2, 0) is 24.7 Å². The Morgan fingerprint density at radius 2 is 1.59 bits per heavy atom. The van der Waals surface area contributed by atoms with E-state index < -0.39 is 29.1 Å². The Morgan fingerprint density at radius 1 is 0.919 bits per heavy atom. The SMILES string of the molecule is O=C(O)c1ccccc1CNC(Cc1ccccc1)(c1cc(F)cc(C(F)(F)F)c1)c1ccc(Cl)cn1. The summed E-state index contributed by atoms with van der Waals surface area (Å²) in [6, 6.07) is 20.7. The van der Waals surface area contributed by atoms with Crippen molar-refractivity contribution >= 4 is 17.6 Å². The van der Waals surface area contributed by atoms with Gasteiger partial charge in [-0.15, -0.1) is 0 Å². The lowest BCUT2D eigenvalue weighted by atomic mass is 9.79. The average Bonchev–Trinajstić information content (AvgIpc) is 2.87. The molecule has 4 nitrogen and oxygen atoms in total. The van der Waals surface area contributed by atoms with Gasteiger partial charge < -0.3 is 5.11 Å². The molecule has 3 aromatic carbocycles. The summed E-state index contributed by atoms with van der Waals surface area (Å²) in [6.45, 7) is -0.0581. The highest BCUT2D eigenvalue weighted by Crippen LogP contribution is 2.38. The van der Waals surface area contributed by atoms with Crippen molar-refractivity contribution in [1.82, 2.24) is 10.3 Å². The van der Waals surface area contributed by atoms with Crippen LogP contribution in [-0.4, -0.2) is 16.1 Å². The van der Waals surface area contributed by atoms with Crippen LogP contribution in [0.15, 0.2) is 91.1 Å². The molecule has 0 bridgehead atoms. The molecular weight excluding hydrogens is 508 g/mol. The van der Waals surface area contributed by atoms with Crippen molar-refractivity contribution < 1.29 is 27.5 Å². The molecule has 0 spiro atoms. The van der Waals surface area contributed by atoms with Crippen LogP contribution in [0.1, 0.15) is 38.3 Å². The van der Waals surface area contributed by atoms with Crippen LogP contribution in [0.4, 0.5) is 17.6 Å². The number of carboxylic acid groups (broad SMARTS) is 1. The van der Waals surface area contributed by atoms with E-state index in [1.165, 1.54) is 12.3 Å². The van der Waals surface area contributed by atoms with Gasteiger partial charge in [-0.1, -0.05) is 60.1 Å². The zero-order valence-corrected chi connectivity index (χ0v) is 20.0. The molecule has 190 valence electrons. The summed E-state index contributed by atoms with van der Waals surface area (Å²) in [6.07, 6.45) is -3.36. The monoisotopic (exact) mass is 528 g/mol. The van der Waals surface area contributed by atoms with Crippen LogP contribution in [0.2, 0.25) is 5.02 Å². The van der Waals surface area contributed by atoms with Crippen LogP contribution in [0.3, 0.4) is 0 Å². The molecule has 0 saturated heterocycles. The van der Waals surface area contributed by atoms with E-state index in [0.29, 0.717) is 16.7 Å². The molecule has 0 aliphatic heterocycles. The number of aromatic nitrogens is 1. The third kappa shape index (κ3) is 5.98. The Bertz CT molecular complexity index is 1400. The minimum atomic E-state index is -4.79. The number of hydrogen-bond acceptors (Lipinski definition) is 3. The number of hydrogen-bond donors (Lipinski definition) is 2. The number of carboxylic acids is 1. The molecular formula is C28H21ClF4N2O2. The van der Waals surface area contributed by atoms with Gasteiger partial charge in [0.25, 0.3) is 0 Å². The molecule has 4 rings (SSSR count). The van der Waals surface area contributed by atoms with E-state index in [9.17, 15) is 27.5 Å². The number of nitrogens with zero attached hydrogens (tertiary/aromatic N) is 1. The number of carbonyl (C=O) groups is 1. The highest BCUT2D eigenvalue weighted by atomic mass is 35.5. The van der Waals surface area contributed by atoms with E-state index in [0.717, 1.165) is 17.7 Å². The molecule has 0 amide bonds. The second-order valence-corrected chi connectivity index (χ2v) is 8.91. The average molecular weight is 529 g/mol. The normalized spacial score (nSPS) is 13.2. The predicted octanol–water partition coefficient (Wildman–Crippen LogP) is 6.87. The van der Waals surface area contributed by atoms with E-state index in [1.807, 2.05) is 0 Å². The molecule has 1 heterocycles. The van der Waals surface area contributed by atoms with E-state index >= 15 is 0 Å². The fraction of sp³-hybridized carbons (Fsp3) is 0.143. The van der Waals surface area contributed by atoms with Crippen molar-refractivity contribution in [2.75, 3.05) is 0 Å². The lowest BCUT2D eigenvalue weighted by Crippen LogP contribution is -2.46. The summed E-state index contributed by atoms with van der Waals surface area (Å²) in [5.41, 5.74) is -1.22. The maximum Gasteiger partial charge on any atom is 0.416 e. The standard InChI is InChI=1S/C28H21ClF4N2O2/c29-22-10-11-25(34-17-22)27(15-18-6-2-1-3-7-18,20-12-21(28(31,32)33)14-23(30)13-20)35-16-19-8-4-5-9-24(19)26(36)37/h1-14,17,35H,15-16H2,(H,36,37). The molecule has 0 saturated carbocycles. The van der Waals surface area contributed by atoms with Gasteiger partial charge in [-0.05, 0) is 53.1 Å². The molecule has 0 radical (unpaired) electrons. The molecule has 2 N–H and O–H groups in total. The first-order valence-electron chi connectivity index (χ1n) is 11.2. The molecule has 0 aliphatic carbocycles. The Morgan fingerprint density at radius 3 is 2.24 bits per heavy atom. The fourth-order valence-corrected chi connectivity index (χ4v) is 4.37. The zero-order valence-electron chi connectivity index (χ0n) is 19.3. The van der Waals surface area contributed by atoms with Crippen LogP contribution in [0, 0.1) is 5.82 Å². The third-order valence-electron chi connectivity index (χ3n) is 6.02. The first-order chi connectivity index (χ1) is 17.6. The van der Waals surface area contributed by atoms with Gasteiger partial charge in [0.2, 0.25) is 0 Å². The molecule has 9 heteroatoms. The molecule has 37 heavy (non-hydrogen) atoms. The van der Waals surface area contributed by atoms with Gasteiger partial charge in [0, 0.05) is 19.2 Å². The molecule has 1 aromatic heterocycles. The van der Waals surface area contributed by atoms with Crippen LogP contribution in [0.25, 0.3) is 0 Å². The second kappa shape index (κ2) is 10.7. The van der Waals surface area contributed by atoms with E-state index in [2.05, 4.69) is 10.3 Å². The Labute approximate surface area is 215 Å². The number of halogens is 5. The molecule has 4 aromatic rings. The lowest BCUT2D eigenvalue weighted by molar-refractivity contribution is -0.137. The van der Waals surface area contributed by atoms with Crippen molar-refractivity contribution in [2.24, 2.45) is 0 Å². The summed E-state index contributed by atoms with van der Waals surface area (Å²) >= 11 is 6.05. The van der Waals surface area contributed by atoms with Gasteiger partial charge >= 0.3 is 12.1 Å². The predicted molar refractivity (Wildman–Crippen MR) is 132 cm³/mol. The maximum absolute atomic E-state index is 14.7. The molecule has 0 fully saturated rings.